The summed E-state index contributed by atoms with van der Waals surface area (Å²) >= 11 is 16.7. The summed E-state index contributed by atoms with van der Waals surface area (Å²) in [5.74, 6) is -0.601. The molecule has 1 N–H and O–H groups in total. The standard InChI is InChI=1S/C11H8Cl2N2O2S/c12-6-3-7(13)5-8(4-6)14-11(18)15-9(16)1-2-10(15)17/h3-5H,1-2H2,(H,14,18). The van der Waals surface area contributed by atoms with Gasteiger partial charge >= 0.3 is 0 Å². The molecule has 1 saturated heterocycles. The first-order valence-electron chi connectivity index (χ1n) is 5.10. The number of anilines is 1. The number of likely N-dealkylation sites (tertiary alicyclic amines) is 1. The molecule has 2 rings (SSSR count). The Kier molecular flexibility index (Phi) is 3.85. The zero-order chi connectivity index (χ0) is 13.3. The number of amides is 2. The summed E-state index contributed by atoms with van der Waals surface area (Å²) in [6.45, 7) is 0. The van der Waals surface area contributed by atoms with Gasteiger partial charge in [-0.2, -0.15) is 0 Å². The molecule has 1 fully saturated rings. The van der Waals surface area contributed by atoms with Crippen molar-refractivity contribution in [1.29, 1.82) is 0 Å². The Balaban J connectivity index is 2.16. The zero-order valence-electron chi connectivity index (χ0n) is 9.07. The Hall–Kier alpha value is -1.17. The van der Waals surface area contributed by atoms with Gasteiger partial charge in [0.1, 0.15) is 0 Å². The molecular weight excluding hydrogens is 295 g/mol. The quantitative estimate of drug-likeness (QED) is 0.640. The molecule has 0 saturated carbocycles. The van der Waals surface area contributed by atoms with Crippen LogP contribution in [-0.4, -0.2) is 21.8 Å². The van der Waals surface area contributed by atoms with Crippen LogP contribution in [-0.2, 0) is 9.59 Å². The molecule has 0 unspecified atom stereocenters. The minimum atomic E-state index is -0.300. The van der Waals surface area contributed by atoms with Gasteiger partial charge in [0.2, 0.25) is 11.8 Å². The number of imide groups is 1. The van der Waals surface area contributed by atoms with E-state index in [-0.39, 0.29) is 29.8 Å². The Bertz CT molecular complexity index is 512. The van der Waals surface area contributed by atoms with Crippen molar-refractivity contribution < 1.29 is 9.59 Å². The lowest BCUT2D eigenvalue weighted by atomic mass is 10.3. The summed E-state index contributed by atoms with van der Waals surface area (Å²) in [7, 11) is 0. The number of hydrogen-bond donors (Lipinski definition) is 1. The summed E-state index contributed by atoms with van der Waals surface area (Å²) < 4.78 is 0. The monoisotopic (exact) mass is 302 g/mol. The van der Waals surface area contributed by atoms with Gasteiger partial charge in [-0.25, -0.2) is 4.90 Å². The van der Waals surface area contributed by atoms with Gasteiger partial charge in [-0.3, -0.25) is 9.59 Å². The van der Waals surface area contributed by atoms with Crippen LogP contribution in [0.1, 0.15) is 12.8 Å². The number of hydrogen-bond acceptors (Lipinski definition) is 3. The summed E-state index contributed by atoms with van der Waals surface area (Å²) in [6, 6.07) is 4.78. The van der Waals surface area contributed by atoms with Crippen LogP contribution in [0.5, 0.6) is 0 Å². The van der Waals surface area contributed by atoms with Crippen molar-refractivity contribution >= 4 is 58.0 Å². The number of nitrogens with one attached hydrogen (secondary N) is 1. The van der Waals surface area contributed by atoms with Crippen LogP contribution >= 0.6 is 35.4 Å². The molecule has 0 radical (unpaired) electrons. The van der Waals surface area contributed by atoms with E-state index < -0.39 is 0 Å². The second-order valence-electron chi connectivity index (χ2n) is 3.71. The van der Waals surface area contributed by atoms with E-state index in [0.29, 0.717) is 15.7 Å². The lowest BCUT2D eigenvalue weighted by molar-refractivity contribution is -0.133. The summed E-state index contributed by atoms with van der Waals surface area (Å²) in [4.78, 5) is 23.9. The Labute approximate surface area is 119 Å². The number of carbonyl (C=O) groups excluding carboxylic acids is 2. The molecule has 1 aliphatic heterocycles. The van der Waals surface area contributed by atoms with Crippen LogP contribution in [0.15, 0.2) is 18.2 Å². The summed E-state index contributed by atoms with van der Waals surface area (Å²) in [6.07, 6.45) is 0.383. The van der Waals surface area contributed by atoms with Crippen LogP contribution in [0.2, 0.25) is 10.0 Å². The molecule has 94 valence electrons. The maximum absolute atomic E-state index is 11.5. The van der Waals surface area contributed by atoms with Gasteiger partial charge in [0.25, 0.3) is 0 Å². The summed E-state index contributed by atoms with van der Waals surface area (Å²) in [5, 5.41) is 3.69. The fourth-order valence-electron chi connectivity index (χ4n) is 1.61. The summed E-state index contributed by atoms with van der Waals surface area (Å²) in [5.41, 5.74) is 0.532. The SMILES string of the molecule is O=C1CCC(=O)N1C(=S)Nc1cc(Cl)cc(Cl)c1. The lowest BCUT2D eigenvalue weighted by Gasteiger charge is -2.16. The third kappa shape index (κ3) is 2.80. The van der Waals surface area contributed by atoms with Gasteiger partial charge in [-0.05, 0) is 30.4 Å². The van der Waals surface area contributed by atoms with Gasteiger partial charge < -0.3 is 5.32 Å². The average Bonchev–Trinajstić information content (AvgIpc) is 2.56. The van der Waals surface area contributed by atoms with Crippen molar-refractivity contribution in [2.75, 3.05) is 5.32 Å². The number of rotatable bonds is 1. The van der Waals surface area contributed by atoms with Crippen molar-refractivity contribution in [2.45, 2.75) is 12.8 Å². The fourth-order valence-corrected chi connectivity index (χ4v) is 2.46. The van der Waals surface area contributed by atoms with Gasteiger partial charge in [-0.1, -0.05) is 23.2 Å². The molecule has 0 aromatic heterocycles. The van der Waals surface area contributed by atoms with Crippen LogP contribution < -0.4 is 5.32 Å². The van der Waals surface area contributed by atoms with E-state index in [1.807, 2.05) is 0 Å². The maximum atomic E-state index is 11.5. The average molecular weight is 303 g/mol. The molecule has 2 amide bonds. The number of halogens is 2. The first-order chi connectivity index (χ1) is 8.47. The Morgan fingerprint density at radius 1 is 1.11 bits per heavy atom. The smallest absolute Gasteiger partial charge is 0.236 e. The van der Waals surface area contributed by atoms with Gasteiger partial charge in [0, 0.05) is 28.6 Å². The number of nitrogens with zero attached hydrogens (tertiary/aromatic N) is 1. The molecular formula is C11H8Cl2N2O2S. The van der Waals surface area contributed by atoms with Gasteiger partial charge in [0.05, 0.1) is 0 Å². The van der Waals surface area contributed by atoms with E-state index in [4.69, 9.17) is 35.4 Å². The molecule has 0 bridgehead atoms. The van der Waals surface area contributed by atoms with Crippen LogP contribution in [0.25, 0.3) is 0 Å². The van der Waals surface area contributed by atoms with Crippen molar-refractivity contribution in [2.24, 2.45) is 0 Å². The fraction of sp³-hybridized carbons (Fsp3) is 0.182. The maximum Gasteiger partial charge on any atom is 0.236 e. The second-order valence-corrected chi connectivity index (χ2v) is 4.97. The lowest BCUT2D eigenvalue weighted by Crippen LogP contribution is -2.38. The molecule has 18 heavy (non-hydrogen) atoms. The van der Waals surface area contributed by atoms with E-state index in [0.717, 1.165) is 4.90 Å². The first kappa shape index (κ1) is 13.3. The van der Waals surface area contributed by atoms with E-state index in [2.05, 4.69) is 5.32 Å². The molecule has 1 aliphatic rings. The van der Waals surface area contributed by atoms with Crippen molar-refractivity contribution in [3.63, 3.8) is 0 Å². The third-order valence-corrected chi connectivity index (χ3v) is 3.09. The number of benzene rings is 1. The first-order valence-corrected chi connectivity index (χ1v) is 6.26. The normalized spacial score (nSPS) is 15.1. The zero-order valence-corrected chi connectivity index (χ0v) is 11.4. The molecule has 1 heterocycles. The van der Waals surface area contributed by atoms with E-state index in [1.54, 1.807) is 18.2 Å². The highest BCUT2D eigenvalue weighted by atomic mass is 35.5. The second kappa shape index (κ2) is 5.22. The largest absolute Gasteiger partial charge is 0.332 e. The van der Waals surface area contributed by atoms with E-state index in [9.17, 15) is 9.59 Å². The molecule has 1 aromatic carbocycles. The third-order valence-electron chi connectivity index (χ3n) is 2.37. The Morgan fingerprint density at radius 2 is 1.61 bits per heavy atom. The molecule has 0 atom stereocenters. The van der Waals surface area contributed by atoms with Crippen LogP contribution in [0.4, 0.5) is 5.69 Å². The van der Waals surface area contributed by atoms with Crippen molar-refractivity contribution in [1.82, 2.24) is 4.90 Å². The van der Waals surface area contributed by atoms with Crippen molar-refractivity contribution in [3.05, 3.63) is 28.2 Å². The number of thiocarbonyl (C=S) groups is 1. The van der Waals surface area contributed by atoms with Gasteiger partial charge in [-0.15, -0.1) is 0 Å². The molecule has 7 heteroatoms. The van der Waals surface area contributed by atoms with Crippen LogP contribution in [0.3, 0.4) is 0 Å². The topological polar surface area (TPSA) is 49.4 Å². The minimum absolute atomic E-state index is 0.0424. The molecule has 4 nitrogen and oxygen atoms in total. The van der Waals surface area contributed by atoms with E-state index in [1.165, 1.54) is 0 Å². The minimum Gasteiger partial charge on any atom is -0.332 e. The van der Waals surface area contributed by atoms with Gasteiger partial charge in [0.15, 0.2) is 5.11 Å². The molecule has 0 aliphatic carbocycles. The highest BCUT2D eigenvalue weighted by molar-refractivity contribution is 7.80. The predicted octanol–water partition coefficient (Wildman–Crippen LogP) is 2.84. The predicted molar refractivity (Wildman–Crippen MR) is 73.8 cm³/mol. The van der Waals surface area contributed by atoms with E-state index >= 15 is 0 Å². The molecule has 0 spiro atoms. The number of carbonyl (C=O) groups is 2. The van der Waals surface area contributed by atoms with Crippen LogP contribution in [0, 0.1) is 0 Å². The molecule has 1 aromatic rings. The Morgan fingerprint density at radius 3 is 2.11 bits per heavy atom. The highest BCUT2D eigenvalue weighted by Crippen LogP contribution is 2.23. The van der Waals surface area contributed by atoms with Crippen molar-refractivity contribution in [3.8, 4) is 0 Å². The highest BCUT2D eigenvalue weighted by Gasteiger charge is 2.32.